The van der Waals surface area contributed by atoms with Gasteiger partial charge in [0.25, 0.3) is 5.91 Å². The molecule has 2 saturated heterocycles. The van der Waals surface area contributed by atoms with Crippen LogP contribution in [-0.4, -0.2) is 61.1 Å². The third-order valence-corrected chi connectivity index (χ3v) is 5.42. The van der Waals surface area contributed by atoms with Crippen LogP contribution in [0.4, 0.5) is 0 Å². The number of nitrogens with zero attached hydrogens (tertiary/aromatic N) is 2. The number of likely N-dealkylation sites (tertiary alicyclic amines) is 2. The molecule has 1 aromatic rings. The second-order valence-electron chi connectivity index (χ2n) is 5.75. The van der Waals surface area contributed by atoms with E-state index in [1.807, 2.05) is 24.0 Å². The molecule has 4 nitrogen and oxygen atoms in total. The molecule has 0 radical (unpaired) electrons. The van der Waals surface area contributed by atoms with E-state index in [0.29, 0.717) is 12.1 Å². The molecule has 0 bridgehead atoms. The summed E-state index contributed by atoms with van der Waals surface area (Å²) in [4.78, 5) is 18.8. The Balaban J connectivity index is 1.48. The topological polar surface area (TPSA) is 32.8 Å². The fraction of sp³-hybridized carbons (Fsp3) is 0.667. The number of carbonyl (C=O) groups excluding carboxylic acids is 1. The molecule has 0 spiro atoms. The molecule has 2 aliphatic rings. The van der Waals surface area contributed by atoms with Crippen LogP contribution >= 0.6 is 11.3 Å². The maximum atomic E-state index is 12.3. The molecule has 20 heavy (non-hydrogen) atoms. The molecule has 0 aromatic carbocycles. The van der Waals surface area contributed by atoms with E-state index < -0.39 is 0 Å². The number of hydrogen-bond donors (Lipinski definition) is 0. The van der Waals surface area contributed by atoms with Crippen LogP contribution in [-0.2, 0) is 4.74 Å². The van der Waals surface area contributed by atoms with Gasteiger partial charge in [0.15, 0.2) is 0 Å². The number of aryl methyl sites for hydroxylation is 1. The number of methoxy groups -OCH3 is 1. The van der Waals surface area contributed by atoms with Gasteiger partial charge in [0, 0.05) is 44.2 Å². The van der Waals surface area contributed by atoms with Crippen molar-refractivity contribution in [3.05, 3.63) is 21.9 Å². The van der Waals surface area contributed by atoms with E-state index in [2.05, 4.69) is 4.90 Å². The van der Waals surface area contributed by atoms with Gasteiger partial charge in [-0.3, -0.25) is 9.69 Å². The van der Waals surface area contributed by atoms with Crippen molar-refractivity contribution in [2.75, 3.05) is 33.3 Å². The van der Waals surface area contributed by atoms with Crippen LogP contribution in [0.1, 0.15) is 27.4 Å². The minimum atomic E-state index is 0.200. The summed E-state index contributed by atoms with van der Waals surface area (Å²) >= 11 is 1.59. The lowest BCUT2D eigenvalue weighted by molar-refractivity contribution is -0.0118. The van der Waals surface area contributed by atoms with Gasteiger partial charge in [0.1, 0.15) is 0 Å². The Morgan fingerprint density at radius 2 is 2.00 bits per heavy atom. The maximum absolute atomic E-state index is 12.3. The smallest absolute Gasteiger partial charge is 0.264 e. The molecule has 2 aliphatic heterocycles. The standard InChI is InChI=1S/C15H22N2O2S/c1-11-3-4-14(20-11)15(18)17-9-12(10-17)16-7-5-13(19-2)6-8-16/h3-4,12-13H,5-10H2,1-2H3. The first-order valence-electron chi connectivity index (χ1n) is 7.30. The van der Waals surface area contributed by atoms with Crippen molar-refractivity contribution in [2.45, 2.75) is 31.9 Å². The molecule has 0 aliphatic carbocycles. The van der Waals surface area contributed by atoms with Crippen LogP contribution in [0.2, 0.25) is 0 Å². The predicted molar refractivity (Wildman–Crippen MR) is 80.4 cm³/mol. The lowest BCUT2D eigenvalue weighted by atomic mass is 10.0. The lowest BCUT2D eigenvalue weighted by Crippen LogP contribution is -2.62. The van der Waals surface area contributed by atoms with Gasteiger partial charge in [0.2, 0.25) is 0 Å². The Kier molecular flexibility index (Phi) is 4.10. The van der Waals surface area contributed by atoms with Crippen LogP contribution in [0.5, 0.6) is 0 Å². The summed E-state index contributed by atoms with van der Waals surface area (Å²) in [5.41, 5.74) is 0. The lowest BCUT2D eigenvalue weighted by Gasteiger charge is -2.47. The molecular weight excluding hydrogens is 272 g/mol. The first-order valence-corrected chi connectivity index (χ1v) is 8.11. The summed E-state index contributed by atoms with van der Waals surface area (Å²) in [6.07, 6.45) is 2.66. The predicted octanol–water partition coefficient (Wildman–Crippen LogP) is 1.99. The van der Waals surface area contributed by atoms with Crippen molar-refractivity contribution >= 4 is 17.2 Å². The van der Waals surface area contributed by atoms with E-state index in [0.717, 1.165) is 43.9 Å². The number of thiophene rings is 1. The normalized spacial score (nSPS) is 22.0. The SMILES string of the molecule is COC1CCN(C2CN(C(=O)c3ccc(C)s3)C2)CC1. The van der Waals surface area contributed by atoms with Gasteiger partial charge >= 0.3 is 0 Å². The zero-order valence-electron chi connectivity index (χ0n) is 12.2. The Morgan fingerprint density at radius 3 is 2.55 bits per heavy atom. The van der Waals surface area contributed by atoms with Crippen LogP contribution in [0.15, 0.2) is 12.1 Å². The molecule has 0 saturated carbocycles. The highest BCUT2D eigenvalue weighted by Gasteiger charge is 2.36. The van der Waals surface area contributed by atoms with E-state index in [1.165, 1.54) is 4.88 Å². The average Bonchev–Trinajstić information content (AvgIpc) is 2.84. The van der Waals surface area contributed by atoms with Gasteiger partial charge in [0.05, 0.1) is 11.0 Å². The second kappa shape index (κ2) is 5.84. The van der Waals surface area contributed by atoms with Crippen LogP contribution in [0, 0.1) is 6.92 Å². The van der Waals surface area contributed by atoms with Crippen molar-refractivity contribution in [3.8, 4) is 0 Å². The Labute approximate surface area is 124 Å². The molecule has 3 heterocycles. The van der Waals surface area contributed by atoms with Gasteiger partial charge in [-0.05, 0) is 31.9 Å². The number of rotatable bonds is 3. The number of piperidine rings is 1. The van der Waals surface area contributed by atoms with Crippen molar-refractivity contribution in [2.24, 2.45) is 0 Å². The zero-order valence-corrected chi connectivity index (χ0v) is 13.0. The molecule has 1 aromatic heterocycles. The largest absolute Gasteiger partial charge is 0.381 e. The van der Waals surface area contributed by atoms with Gasteiger partial charge in [-0.25, -0.2) is 0 Å². The van der Waals surface area contributed by atoms with Crippen LogP contribution in [0.25, 0.3) is 0 Å². The maximum Gasteiger partial charge on any atom is 0.264 e. The second-order valence-corrected chi connectivity index (χ2v) is 7.03. The third-order valence-electron chi connectivity index (χ3n) is 4.43. The summed E-state index contributed by atoms with van der Waals surface area (Å²) in [5, 5.41) is 0. The van der Waals surface area contributed by atoms with E-state index in [1.54, 1.807) is 18.4 Å². The first kappa shape index (κ1) is 14.0. The number of amides is 1. The molecule has 3 rings (SSSR count). The minimum absolute atomic E-state index is 0.200. The highest BCUT2D eigenvalue weighted by atomic mass is 32.1. The summed E-state index contributed by atoms with van der Waals surface area (Å²) in [5.74, 6) is 0.200. The highest BCUT2D eigenvalue weighted by molar-refractivity contribution is 7.13. The fourth-order valence-corrected chi connectivity index (χ4v) is 3.87. The number of hydrogen-bond acceptors (Lipinski definition) is 4. The molecule has 0 N–H and O–H groups in total. The third kappa shape index (κ3) is 2.75. The quantitative estimate of drug-likeness (QED) is 0.855. The Hall–Kier alpha value is -0.910. The van der Waals surface area contributed by atoms with E-state index in [4.69, 9.17) is 4.74 Å². The van der Waals surface area contributed by atoms with E-state index >= 15 is 0 Å². The summed E-state index contributed by atoms with van der Waals surface area (Å²) in [7, 11) is 1.80. The molecule has 110 valence electrons. The van der Waals surface area contributed by atoms with Crippen LogP contribution < -0.4 is 0 Å². The van der Waals surface area contributed by atoms with Crippen molar-refractivity contribution in [1.29, 1.82) is 0 Å². The van der Waals surface area contributed by atoms with Crippen molar-refractivity contribution in [3.63, 3.8) is 0 Å². The van der Waals surface area contributed by atoms with E-state index in [9.17, 15) is 4.79 Å². The Morgan fingerprint density at radius 1 is 1.30 bits per heavy atom. The molecule has 5 heteroatoms. The average molecular weight is 294 g/mol. The van der Waals surface area contributed by atoms with Gasteiger partial charge < -0.3 is 9.64 Å². The molecule has 0 unspecified atom stereocenters. The van der Waals surface area contributed by atoms with Crippen LogP contribution in [0.3, 0.4) is 0 Å². The van der Waals surface area contributed by atoms with Crippen molar-refractivity contribution < 1.29 is 9.53 Å². The monoisotopic (exact) mass is 294 g/mol. The Bertz CT molecular complexity index is 474. The van der Waals surface area contributed by atoms with Gasteiger partial charge in [-0.1, -0.05) is 0 Å². The molecular formula is C15H22N2O2S. The van der Waals surface area contributed by atoms with Gasteiger partial charge in [-0.2, -0.15) is 0 Å². The summed E-state index contributed by atoms with van der Waals surface area (Å²) in [6, 6.07) is 4.52. The van der Waals surface area contributed by atoms with Gasteiger partial charge in [-0.15, -0.1) is 11.3 Å². The molecule has 2 fully saturated rings. The summed E-state index contributed by atoms with van der Waals surface area (Å²) in [6.45, 7) is 6.01. The fourth-order valence-electron chi connectivity index (χ4n) is 3.03. The van der Waals surface area contributed by atoms with E-state index in [-0.39, 0.29) is 5.91 Å². The minimum Gasteiger partial charge on any atom is -0.381 e. The highest BCUT2D eigenvalue weighted by Crippen LogP contribution is 2.24. The summed E-state index contributed by atoms with van der Waals surface area (Å²) < 4.78 is 5.40. The number of carbonyl (C=O) groups is 1. The number of ether oxygens (including phenoxy) is 1. The zero-order chi connectivity index (χ0) is 14.1. The van der Waals surface area contributed by atoms with Crippen molar-refractivity contribution in [1.82, 2.24) is 9.80 Å². The molecule has 0 atom stereocenters. The first-order chi connectivity index (χ1) is 9.67. The molecule has 1 amide bonds.